The van der Waals surface area contributed by atoms with E-state index in [-0.39, 0.29) is 13.1 Å². The minimum absolute atomic E-state index is 0.0412. The summed E-state index contributed by atoms with van der Waals surface area (Å²) in [6.45, 7) is 2.05. The van der Waals surface area contributed by atoms with E-state index < -0.39 is 24.5 Å². The maximum Gasteiger partial charge on any atom is 0.406 e. The van der Waals surface area contributed by atoms with Crippen molar-refractivity contribution in [2.45, 2.75) is 39.0 Å². The molecule has 1 aliphatic heterocycles. The predicted octanol–water partition coefficient (Wildman–Crippen LogP) is 1.15. The Kier molecular flexibility index (Phi) is 6.16. The maximum absolute atomic E-state index is 12.6. The summed E-state index contributed by atoms with van der Waals surface area (Å²) in [5, 5.41) is 3.80. The quantitative estimate of drug-likeness (QED) is 0.829. The highest BCUT2D eigenvalue weighted by Gasteiger charge is 2.36. The highest BCUT2D eigenvalue weighted by Crippen LogP contribution is 2.23. The van der Waals surface area contributed by atoms with Crippen LogP contribution in [0.1, 0.15) is 31.5 Å². The molecule has 136 valence electrons. The van der Waals surface area contributed by atoms with Gasteiger partial charge in [0.05, 0.1) is 19.0 Å². The second kappa shape index (κ2) is 7.93. The molecule has 10 heteroatoms. The molecule has 0 saturated carbocycles. The van der Waals surface area contributed by atoms with Crippen molar-refractivity contribution in [1.82, 2.24) is 19.9 Å². The van der Waals surface area contributed by atoms with Gasteiger partial charge < -0.3 is 15.2 Å². The summed E-state index contributed by atoms with van der Waals surface area (Å²) >= 11 is 0. The average Bonchev–Trinajstić information content (AvgIpc) is 2.99. The number of nitrogens with two attached hydrogens (primary N) is 1. The van der Waals surface area contributed by atoms with Crippen molar-refractivity contribution in [3.63, 3.8) is 0 Å². The van der Waals surface area contributed by atoms with Crippen LogP contribution >= 0.6 is 0 Å². The SMILES string of the molecule is CCN(CC(F)(F)F)C(=O)C1CCCN(Cc2noc(CN)n2)C1. The fourth-order valence-electron chi connectivity index (χ4n) is 2.86. The fourth-order valence-corrected chi connectivity index (χ4v) is 2.86. The van der Waals surface area contributed by atoms with Gasteiger partial charge in [0.25, 0.3) is 0 Å². The number of aromatic nitrogens is 2. The van der Waals surface area contributed by atoms with Crippen LogP contribution in [0.2, 0.25) is 0 Å². The first-order chi connectivity index (χ1) is 11.3. The highest BCUT2D eigenvalue weighted by atomic mass is 19.4. The molecule has 1 saturated heterocycles. The van der Waals surface area contributed by atoms with Gasteiger partial charge in [-0.3, -0.25) is 9.69 Å². The lowest BCUT2D eigenvalue weighted by Crippen LogP contribution is -2.47. The molecule has 1 aromatic rings. The molecule has 0 aromatic carbocycles. The summed E-state index contributed by atoms with van der Waals surface area (Å²) in [6, 6.07) is 0. The molecule has 0 bridgehead atoms. The standard InChI is InChI=1S/C14H22F3N5O2/c1-2-22(9-14(15,16)17)13(23)10-4-3-5-21(7-10)8-11-19-12(6-18)24-20-11/h10H,2-9,18H2,1H3. The number of rotatable bonds is 6. The van der Waals surface area contributed by atoms with E-state index in [9.17, 15) is 18.0 Å². The van der Waals surface area contributed by atoms with Crippen LogP contribution in [0.4, 0.5) is 13.2 Å². The van der Waals surface area contributed by atoms with E-state index in [1.165, 1.54) is 0 Å². The van der Waals surface area contributed by atoms with Crippen molar-refractivity contribution in [3.05, 3.63) is 11.7 Å². The second-order valence-corrected chi connectivity index (χ2v) is 5.85. The number of hydrogen-bond donors (Lipinski definition) is 1. The van der Waals surface area contributed by atoms with Crippen molar-refractivity contribution in [2.24, 2.45) is 11.7 Å². The molecule has 1 aromatic heterocycles. The number of hydrogen-bond acceptors (Lipinski definition) is 6. The molecule has 0 aliphatic carbocycles. The van der Waals surface area contributed by atoms with Gasteiger partial charge in [-0.1, -0.05) is 5.16 Å². The first kappa shape index (κ1) is 18.7. The molecule has 2 N–H and O–H groups in total. The monoisotopic (exact) mass is 349 g/mol. The van der Waals surface area contributed by atoms with E-state index in [2.05, 4.69) is 10.1 Å². The second-order valence-electron chi connectivity index (χ2n) is 5.85. The number of nitrogens with zero attached hydrogens (tertiary/aromatic N) is 4. The first-order valence-electron chi connectivity index (χ1n) is 7.91. The minimum Gasteiger partial charge on any atom is -0.338 e. The van der Waals surface area contributed by atoms with Crippen molar-refractivity contribution in [1.29, 1.82) is 0 Å². The summed E-state index contributed by atoms with van der Waals surface area (Å²) < 4.78 is 42.7. The number of piperidine rings is 1. The van der Waals surface area contributed by atoms with Crippen molar-refractivity contribution in [3.8, 4) is 0 Å². The zero-order valence-corrected chi connectivity index (χ0v) is 13.6. The lowest BCUT2D eigenvalue weighted by Gasteiger charge is -2.34. The summed E-state index contributed by atoms with van der Waals surface area (Å²) in [5.74, 6) is -0.0969. The Balaban J connectivity index is 1.94. The number of halogens is 3. The van der Waals surface area contributed by atoms with Crippen LogP contribution in [-0.2, 0) is 17.9 Å². The Labute approximate surface area is 138 Å². The molecule has 1 amide bonds. The van der Waals surface area contributed by atoms with Gasteiger partial charge >= 0.3 is 6.18 Å². The third-order valence-corrected chi connectivity index (χ3v) is 3.97. The molecule has 2 rings (SSSR count). The lowest BCUT2D eigenvalue weighted by molar-refractivity contribution is -0.164. The normalized spacial score (nSPS) is 19.5. The van der Waals surface area contributed by atoms with Gasteiger partial charge in [0, 0.05) is 13.1 Å². The molecule has 1 atom stereocenters. The van der Waals surface area contributed by atoms with Crippen LogP contribution in [0.15, 0.2) is 4.52 Å². The number of carbonyl (C=O) groups excluding carboxylic acids is 1. The Morgan fingerprint density at radius 3 is 2.83 bits per heavy atom. The first-order valence-corrected chi connectivity index (χ1v) is 7.91. The number of carbonyl (C=O) groups is 1. The Morgan fingerprint density at radius 2 is 2.25 bits per heavy atom. The molecular formula is C14H22F3N5O2. The fraction of sp³-hybridized carbons (Fsp3) is 0.786. The van der Waals surface area contributed by atoms with Crippen molar-refractivity contribution >= 4 is 5.91 Å². The molecule has 1 unspecified atom stereocenters. The smallest absolute Gasteiger partial charge is 0.338 e. The van der Waals surface area contributed by atoms with Crippen LogP contribution in [0, 0.1) is 5.92 Å². The van der Waals surface area contributed by atoms with Crippen LogP contribution in [-0.4, -0.2) is 58.2 Å². The number of likely N-dealkylation sites (tertiary alicyclic amines) is 1. The third kappa shape index (κ3) is 5.17. The zero-order valence-electron chi connectivity index (χ0n) is 13.6. The van der Waals surface area contributed by atoms with Gasteiger partial charge in [0.15, 0.2) is 5.82 Å². The van der Waals surface area contributed by atoms with E-state index in [0.717, 1.165) is 17.9 Å². The zero-order chi connectivity index (χ0) is 17.7. The Bertz CT molecular complexity index is 549. The summed E-state index contributed by atoms with van der Waals surface area (Å²) in [4.78, 5) is 19.3. The summed E-state index contributed by atoms with van der Waals surface area (Å²) in [6.07, 6.45) is -3.06. The van der Waals surface area contributed by atoms with Crippen LogP contribution in [0.3, 0.4) is 0 Å². The summed E-state index contributed by atoms with van der Waals surface area (Å²) in [5.41, 5.74) is 5.41. The highest BCUT2D eigenvalue weighted by molar-refractivity contribution is 5.79. The molecule has 1 fully saturated rings. The molecule has 24 heavy (non-hydrogen) atoms. The number of amides is 1. The maximum atomic E-state index is 12.6. The van der Waals surface area contributed by atoms with Gasteiger partial charge in [0.1, 0.15) is 6.54 Å². The van der Waals surface area contributed by atoms with E-state index in [1.54, 1.807) is 6.92 Å². The van der Waals surface area contributed by atoms with Gasteiger partial charge in [-0.15, -0.1) is 0 Å². The van der Waals surface area contributed by atoms with Crippen LogP contribution in [0.5, 0.6) is 0 Å². The topological polar surface area (TPSA) is 88.5 Å². The molecular weight excluding hydrogens is 327 g/mol. The Hall–Kier alpha value is -1.68. The van der Waals surface area contributed by atoms with Gasteiger partial charge in [0.2, 0.25) is 11.8 Å². The van der Waals surface area contributed by atoms with Crippen LogP contribution in [0.25, 0.3) is 0 Å². The van der Waals surface area contributed by atoms with E-state index in [1.807, 2.05) is 4.90 Å². The Morgan fingerprint density at radius 1 is 1.50 bits per heavy atom. The third-order valence-electron chi connectivity index (χ3n) is 3.97. The lowest BCUT2D eigenvalue weighted by atomic mass is 9.96. The molecule has 0 radical (unpaired) electrons. The van der Waals surface area contributed by atoms with Gasteiger partial charge in [-0.25, -0.2) is 0 Å². The summed E-state index contributed by atoms with van der Waals surface area (Å²) in [7, 11) is 0. The van der Waals surface area contributed by atoms with Gasteiger partial charge in [-0.2, -0.15) is 18.2 Å². The number of alkyl halides is 3. The van der Waals surface area contributed by atoms with E-state index >= 15 is 0 Å². The largest absolute Gasteiger partial charge is 0.406 e. The molecule has 7 nitrogen and oxygen atoms in total. The molecule has 2 heterocycles. The van der Waals surface area contributed by atoms with Crippen molar-refractivity contribution < 1.29 is 22.5 Å². The molecule has 0 spiro atoms. The average molecular weight is 349 g/mol. The van der Waals surface area contributed by atoms with Crippen molar-refractivity contribution in [2.75, 3.05) is 26.2 Å². The van der Waals surface area contributed by atoms with Crippen LogP contribution < -0.4 is 5.73 Å². The molecule has 1 aliphatic rings. The predicted molar refractivity (Wildman–Crippen MR) is 78.5 cm³/mol. The van der Waals surface area contributed by atoms with Gasteiger partial charge in [-0.05, 0) is 26.3 Å². The van der Waals surface area contributed by atoms with E-state index in [4.69, 9.17) is 10.3 Å². The van der Waals surface area contributed by atoms with E-state index in [0.29, 0.717) is 31.2 Å². The minimum atomic E-state index is -4.39.